The van der Waals surface area contributed by atoms with E-state index in [0.717, 1.165) is 17.5 Å². The average molecular weight is 479 g/mol. The molecular weight excluding hydrogens is 448 g/mol. The first kappa shape index (κ1) is 25.3. The fourth-order valence-electron chi connectivity index (χ4n) is 3.56. The molecule has 3 rings (SSSR count). The van der Waals surface area contributed by atoms with Crippen LogP contribution in [0.25, 0.3) is 0 Å². The minimum atomic E-state index is -0.695. The number of carbonyl (C=O) groups is 2. The van der Waals surface area contributed by atoms with Crippen molar-refractivity contribution in [2.45, 2.75) is 45.3 Å². The van der Waals surface area contributed by atoms with Gasteiger partial charge in [-0.1, -0.05) is 91.3 Å². The number of rotatable bonds is 11. The summed E-state index contributed by atoms with van der Waals surface area (Å²) in [6, 6.07) is 25.7. The smallest absolute Gasteiger partial charge is 0.261 e. The number of benzene rings is 3. The zero-order valence-corrected chi connectivity index (χ0v) is 20.4. The lowest BCUT2D eigenvalue weighted by Crippen LogP contribution is -2.53. The fraction of sp³-hybridized carbons (Fsp3) is 0.286. The van der Waals surface area contributed by atoms with Crippen molar-refractivity contribution in [1.29, 1.82) is 0 Å². The van der Waals surface area contributed by atoms with Gasteiger partial charge in [0.25, 0.3) is 5.91 Å². The Balaban J connectivity index is 1.90. The largest absolute Gasteiger partial charge is 0.482 e. The summed E-state index contributed by atoms with van der Waals surface area (Å²) >= 11 is 6.20. The molecule has 0 spiro atoms. The van der Waals surface area contributed by atoms with E-state index in [9.17, 15) is 9.59 Å². The molecule has 0 saturated carbocycles. The Morgan fingerprint density at radius 2 is 1.50 bits per heavy atom. The first-order valence-corrected chi connectivity index (χ1v) is 11.9. The van der Waals surface area contributed by atoms with Gasteiger partial charge in [-0.2, -0.15) is 0 Å². The monoisotopic (exact) mass is 478 g/mol. The summed E-state index contributed by atoms with van der Waals surface area (Å²) in [7, 11) is 0. The molecule has 0 fully saturated rings. The average Bonchev–Trinajstić information content (AvgIpc) is 2.86. The van der Waals surface area contributed by atoms with Crippen LogP contribution in [0.1, 0.15) is 31.4 Å². The van der Waals surface area contributed by atoms with Crippen molar-refractivity contribution in [3.8, 4) is 5.75 Å². The number of amides is 2. The fourth-order valence-corrected chi connectivity index (χ4v) is 3.75. The van der Waals surface area contributed by atoms with Gasteiger partial charge in [0.2, 0.25) is 5.91 Å². The summed E-state index contributed by atoms with van der Waals surface area (Å²) < 4.78 is 5.74. The highest BCUT2D eigenvalue weighted by atomic mass is 35.5. The molecule has 0 aliphatic rings. The second-order valence-electron chi connectivity index (χ2n) is 8.25. The Morgan fingerprint density at radius 3 is 2.12 bits per heavy atom. The lowest BCUT2D eigenvalue weighted by molar-refractivity contribution is -0.143. The van der Waals surface area contributed by atoms with Crippen molar-refractivity contribution >= 4 is 23.4 Å². The van der Waals surface area contributed by atoms with Gasteiger partial charge in [-0.25, -0.2) is 0 Å². The molecule has 0 saturated heterocycles. The van der Waals surface area contributed by atoms with Gasteiger partial charge >= 0.3 is 0 Å². The minimum absolute atomic E-state index is 0.00109. The summed E-state index contributed by atoms with van der Waals surface area (Å²) in [5.74, 6) is -0.0370. The number of ether oxygens (including phenoxy) is 1. The van der Waals surface area contributed by atoms with Crippen LogP contribution in [0.15, 0.2) is 84.9 Å². The molecule has 6 heteroatoms. The molecular formula is C28H31ClN2O3. The van der Waals surface area contributed by atoms with Gasteiger partial charge < -0.3 is 15.0 Å². The van der Waals surface area contributed by atoms with Crippen molar-refractivity contribution in [3.05, 3.63) is 101 Å². The van der Waals surface area contributed by atoms with E-state index < -0.39 is 6.04 Å². The van der Waals surface area contributed by atoms with Crippen molar-refractivity contribution in [3.63, 3.8) is 0 Å². The summed E-state index contributed by atoms with van der Waals surface area (Å²) in [6.45, 7) is 4.04. The number of halogens is 1. The third-order valence-electron chi connectivity index (χ3n) is 5.66. The molecule has 3 aromatic carbocycles. The molecule has 2 atom stereocenters. The number of nitrogens with zero attached hydrogens (tertiary/aromatic N) is 1. The SMILES string of the molecule is CCC(C)NC(=O)C(Cc1ccccc1)N(Cc1ccccc1)C(=O)COc1ccccc1Cl. The lowest BCUT2D eigenvalue weighted by atomic mass is 10.0. The summed E-state index contributed by atoms with van der Waals surface area (Å²) in [5.41, 5.74) is 1.91. The quantitative estimate of drug-likeness (QED) is 0.408. The van der Waals surface area contributed by atoms with Crippen molar-refractivity contribution in [2.75, 3.05) is 6.61 Å². The predicted octanol–water partition coefficient (Wildman–Crippen LogP) is 5.27. The second-order valence-corrected chi connectivity index (χ2v) is 8.66. The number of para-hydroxylation sites is 1. The summed E-state index contributed by atoms with van der Waals surface area (Å²) in [5, 5.41) is 3.49. The molecule has 0 aliphatic heterocycles. The Labute approximate surface area is 206 Å². The zero-order valence-electron chi connectivity index (χ0n) is 19.6. The summed E-state index contributed by atoms with van der Waals surface area (Å²) in [4.78, 5) is 28.5. The molecule has 0 bridgehead atoms. The van der Waals surface area contributed by atoms with Crippen molar-refractivity contribution in [2.24, 2.45) is 0 Å². The molecule has 0 aromatic heterocycles. The van der Waals surface area contributed by atoms with E-state index in [-0.39, 0.29) is 31.0 Å². The van der Waals surface area contributed by atoms with Crippen molar-refractivity contribution in [1.82, 2.24) is 10.2 Å². The lowest BCUT2D eigenvalue weighted by Gasteiger charge is -2.32. The topological polar surface area (TPSA) is 58.6 Å². The Kier molecular flexibility index (Phi) is 9.53. The van der Waals surface area contributed by atoms with E-state index in [2.05, 4.69) is 5.32 Å². The van der Waals surface area contributed by atoms with Gasteiger partial charge in [-0.3, -0.25) is 9.59 Å². The third kappa shape index (κ3) is 7.35. The van der Waals surface area contributed by atoms with Crippen LogP contribution in [0.5, 0.6) is 5.75 Å². The van der Waals surface area contributed by atoms with Crippen LogP contribution in [0.2, 0.25) is 5.02 Å². The van der Waals surface area contributed by atoms with Crippen LogP contribution in [0, 0.1) is 0 Å². The summed E-state index contributed by atoms with van der Waals surface area (Å²) in [6.07, 6.45) is 1.19. The highest BCUT2D eigenvalue weighted by Gasteiger charge is 2.31. The third-order valence-corrected chi connectivity index (χ3v) is 5.97. The van der Waals surface area contributed by atoms with Crippen LogP contribution in [0.4, 0.5) is 0 Å². The molecule has 3 aromatic rings. The first-order chi connectivity index (χ1) is 16.5. The van der Waals surface area contributed by atoms with Crippen LogP contribution in [0.3, 0.4) is 0 Å². The van der Waals surface area contributed by atoms with Gasteiger partial charge in [0, 0.05) is 19.0 Å². The second kappa shape index (κ2) is 12.8. The molecule has 0 aliphatic carbocycles. The number of nitrogens with one attached hydrogen (secondary N) is 1. The Hall–Kier alpha value is -3.31. The number of hydrogen-bond acceptors (Lipinski definition) is 3. The van der Waals surface area contributed by atoms with Crippen LogP contribution < -0.4 is 10.1 Å². The van der Waals surface area contributed by atoms with E-state index in [0.29, 0.717) is 17.2 Å². The number of hydrogen-bond donors (Lipinski definition) is 1. The van der Waals surface area contributed by atoms with E-state index in [4.69, 9.17) is 16.3 Å². The predicted molar refractivity (Wildman–Crippen MR) is 136 cm³/mol. The Bertz CT molecular complexity index is 1060. The number of carbonyl (C=O) groups excluding carboxylic acids is 2. The zero-order chi connectivity index (χ0) is 24.3. The van der Waals surface area contributed by atoms with Crippen molar-refractivity contribution < 1.29 is 14.3 Å². The van der Waals surface area contributed by atoms with E-state index in [1.54, 1.807) is 29.2 Å². The first-order valence-electron chi connectivity index (χ1n) is 11.5. The standard InChI is InChI=1S/C28H31ClN2O3/c1-3-21(2)30-28(33)25(18-22-12-6-4-7-13-22)31(19-23-14-8-5-9-15-23)27(32)20-34-26-17-11-10-16-24(26)29/h4-17,21,25H,3,18-20H2,1-2H3,(H,30,33). The molecule has 0 radical (unpaired) electrons. The molecule has 178 valence electrons. The molecule has 5 nitrogen and oxygen atoms in total. The molecule has 34 heavy (non-hydrogen) atoms. The molecule has 2 amide bonds. The van der Waals surface area contributed by atoms with E-state index in [1.165, 1.54) is 0 Å². The van der Waals surface area contributed by atoms with E-state index in [1.807, 2.05) is 74.5 Å². The van der Waals surface area contributed by atoms with Crippen LogP contribution >= 0.6 is 11.6 Å². The maximum absolute atomic E-state index is 13.5. The van der Waals surface area contributed by atoms with Crippen LogP contribution in [-0.4, -0.2) is 35.4 Å². The minimum Gasteiger partial charge on any atom is -0.482 e. The maximum Gasteiger partial charge on any atom is 0.261 e. The molecule has 2 unspecified atom stereocenters. The Morgan fingerprint density at radius 1 is 0.912 bits per heavy atom. The van der Waals surface area contributed by atoms with Gasteiger partial charge in [-0.05, 0) is 36.6 Å². The molecule has 1 N–H and O–H groups in total. The maximum atomic E-state index is 13.5. The molecule has 0 heterocycles. The normalized spacial score (nSPS) is 12.4. The van der Waals surface area contributed by atoms with Gasteiger partial charge in [0.05, 0.1) is 5.02 Å². The van der Waals surface area contributed by atoms with Gasteiger partial charge in [0.15, 0.2) is 6.61 Å². The van der Waals surface area contributed by atoms with Crippen LogP contribution in [-0.2, 0) is 22.6 Å². The van der Waals surface area contributed by atoms with E-state index >= 15 is 0 Å². The highest BCUT2D eigenvalue weighted by molar-refractivity contribution is 6.32. The van der Waals surface area contributed by atoms with Gasteiger partial charge in [0.1, 0.15) is 11.8 Å². The van der Waals surface area contributed by atoms with Gasteiger partial charge in [-0.15, -0.1) is 0 Å². The highest BCUT2D eigenvalue weighted by Crippen LogP contribution is 2.23.